The molecule has 0 bridgehead atoms. The van der Waals surface area contributed by atoms with Crippen molar-refractivity contribution in [1.82, 2.24) is 10.3 Å². The molecule has 3 nitrogen and oxygen atoms in total. The van der Waals surface area contributed by atoms with Crippen LogP contribution in [0.2, 0.25) is 0 Å². The maximum absolute atomic E-state index is 4.40. The van der Waals surface area contributed by atoms with Gasteiger partial charge >= 0.3 is 0 Å². The molecule has 1 atom stereocenters. The lowest BCUT2D eigenvalue weighted by Crippen LogP contribution is -2.41. The molecular weight excluding hydrogens is 210 g/mol. The number of aryl methyl sites for hydroxylation is 1. The highest BCUT2D eigenvalue weighted by Crippen LogP contribution is 2.38. The largest absolute Gasteiger partial charge is 0.370 e. The van der Waals surface area contributed by atoms with Crippen LogP contribution in [0.5, 0.6) is 0 Å². The normalized spacial score (nSPS) is 28.9. The first-order valence-corrected chi connectivity index (χ1v) is 6.66. The van der Waals surface area contributed by atoms with E-state index >= 15 is 0 Å². The average Bonchev–Trinajstić information content (AvgIpc) is 2.75. The summed E-state index contributed by atoms with van der Waals surface area (Å²) in [7, 11) is 0. The second-order valence-electron chi connectivity index (χ2n) is 5.61. The van der Waals surface area contributed by atoms with E-state index in [1.807, 2.05) is 13.1 Å². The van der Waals surface area contributed by atoms with Crippen LogP contribution in [0.3, 0.4) is 0 Å². The SMILES string of the molecule is Cc1ccc(N2CCC3(CCCNC3)C2)cn1. The van der Waals surface area contributed by atoms with Gasteiger partial charge in [0, 0.05) is 30.7 Å². The monoisotopic (exact) mass is 231 g/mol. The number of piperidine rings is 1. The predicted octanol–water partition coefficient (Wildman–Crippen LogP) is 1.97. The lowest BCUT2D eigenvalue weighted by molar-refractivity contribution is 0.239. The first-order chi connectivity index (χ1) is 8.27. The van der Waals surface area contributed by atoms with Crippen LogP contribution in [0.15, 0.2) is 18.3 Å². The molecule has 0 aromatic carbocycles. The molecule has 92 valence electrons. The maximum Gasteiger partial charge on any atom is 0.0553 e. The predicted molar refractivity (Wildman–Crippen MR) is 70.3 cm³/mol. The second-order valence-corrected chi connectivity index (χ2v) is 5.61. The van der Waals surface area contributed by atoms with E-state index in [1.54, 1.807) is 0 Å². The van der Waals surface area contributed by atoms with E-state index < -0.39 is 0 Å². The summed E-state index contributed by atoms with van der Waals surface area (Å²) in [5, 5.41) is 3.56. The van der Waals surface area contributed by atoms with Gasteiger partial charge in [0.15, 0.2) is 0 Å². The Hall–Kier alpha value is -1.09. The summed E-state index contributed by atoms with van der Waals surface area (Å²) in [6.45, 7) is 6.83. The van der Waals surface area contributed by atoms with Gasteiger partial charge in [0.1, 0.15) is 0 Å². The molecule has 2 aliphatic heterocycles. The van der Waals surface area contributed by atoms with Gasteiger partial charge < -0.3 is 10.2 Å². The molecule has 0 radical (unpaired) electrons. The molecule has 2 fully saturated rings. The number of hydrogen-bond acceptors (Lipinski definition) is 3. The molecule has 3 rings (SSSR count). The maximum atomic E-state index is 4.40. The van der Waals surface area contributed by atoms with E-state index in [-0.39, 0.29) is 0 Å². The summed E-state index contributed by atoms with van der Waals surface area (Å²) in [5.74, 6) is 0. The van der Waals surface area contributed by atoms with Gasteiger partial charge in [0.05, 0.1) is 11.9 Å². The number of rotatable bonds is 1. The molecule has 1 aromatic rings. The van der Waals surface area contributed by atoms with Gasteiger partial charge in [-0.15, -0.1) is 0 Å². The van der Waals surface area contributed by atoms with Crippen molar-refractivity contribution in [1.29, 1.82) is 0 Å². The molecular formula is C14H21N3. The van der Waals surface area contributed by atoms with Crippen molar-refractivity contribution in [2.45, 2.75) is 26.2 Å². The molecule has 0 saturated carbocycles. The number of hydrogen-bond donors (Lipinski definition) is 1. The van der Waals surface area contributed by atoms with Gasteiger partial charge in [0.25, 0.3) is 0 Å². The summed E-state index contributed by atoms with van der Waals surface area (Å²) < 4.78 is 0. The van der Waals surface area contributed by atoms with Crippen molar-refractivity contribution in [3.63, 3.8) is 0 Å². The molecule has 0 amide bonds. The first kappa shape index (κ1) is 11.0. The van der Waals surface area contributed by atoms with E-state index in [0.29, 0.717) is 5.41 Å². The minimum Gasteiger partial charge on any atom is -0.370 e. The number of nitrogens with zero attached hydrogens (tertiary/aromatic N) is 2. The zero-order valence-corrected chi connectivity index (χ0v) is 10.6. The lowest BCUT2D eigenvalue weighted by Gasteiger charge is -2.34. The van der Waals surface area contributed by atoms with Crippen LogP contribution in [0.25, 0.3) is 0 Å². The Bertz CT molecular complexity index is 379. The van der Waals surface area contributed by atoms with E-state index in [1.165, 1.54) is 51.1 Å². The van der Waals surface area contributed by atoms with Crippen LogP contribution in [0.4, 0.5) is 5.69 Å². The van der Waals surface area contributed by atoms with Gasteiger partial charge in [0.2, 0.25) is 0 Å². The Balaban J connectivity index is 1.72. The van der Waals surface area contributed by atoms with Crippen molar-refractivity contribution in [2.75, 3.05) is 31.1 Å². The van der Waals surface area contributed by atoms with Crippen molar-refractivity contribution in [3.8, 4) is 0 Å². The summed E-state index contributed by atoms with van der Waals surface area (Å²) in [6.07, 6.45) is 6.06. The number of anilines is 1. The van der Waals surface area contributed by atoms with Crippen LogP contribution in [-0.4, -0.2) is 31.2 Å². The standard InChI is InChI=1S/C14H21N3/c1-12-3-4-13(9-16-12)17-8-6-14(11-17)5-2-7-15-10-14/h3-4,9,15H,2,5-8,10-11H2,1H3. The molecule has 3 heteroatoms. The van der Waals surface area contributed by atoms with Gasteiger partial charge in [-0.05, 0) is 44.9 Å². The van der Waals surface area contributed by atoms with Crippen LogP contribution in [-0.2, 0) is 0 Å². The van der Waals surface area contributed by atoms with E-state index in [0.717, 1.165) is 5.69 Å². The summed E-state index contributed by atoms with van der Waals surface area (Å²) >= 11 is 0. The lowest BCUT2D eigenvalue weighted by atomic mass is 9.80. The van der Waals surface area contributed by atoms with E-state index in [4.69, 9.17) is 0 Å². The van der Waals surface area contributed by atoms with E-state index in [2.05, 4.69) is 27.3 Å². The first-order valence-electron chi connectivity index (χ1n) is 6.66. The molecule has 0 aliphatic carbocycles. The molecule has 17 heavy (non-hydrogen) atoms. The quantitative estimate of drug-likeness (QED) is 0.801. The summed E-state index contributed by atoms with van der Waals surface area (Å²) in [5.41, 5.74) is 2.92. The topological polar surface area (TPSA) is 28.2 Å². The molecule has 2 saturated heterocycles. The molecule has 1 N–H and O–H groups in total. The fourth-order valence-corrected chi connectivity index (χ4v) is 3.18. The van der Waals surface area contributed by atoms with Gasteiger partial charge in [-0.3, -0.25) is 4.98 Å². The highest BCUT2D eigenvalue weighted by atomic mass is 15.2. The molecule has 1 aromatic heterocycles. The van der Waals surface area contributed by atoms with Gasteiger partial charge in [-0.1, -0.05) is 0 Å². The Morgan fingerprint density at radius 3 is 3.00 bits per heavy atom. The average molecular weight is 231 g/mol. The van der Waals surface area contributed by atoms with Crippen molar-refractivity contribution in [3.05, 3.63) is 24.0 Å². The summed E-state index contributed by atoms with van der Waals surface area (Å²) in [4.78, 5) is 6.90. The third kappa shape index (κ3) is 2.16. The molecule has 1 spiro atoms. The highest BCUT2D eigenvalue weighted by molar-refractivity contribution is 5.46. The zero-order valence-electron chi connectivity index (χ0n) is 10.6. The van der Waals surface area contributed by atoms with Crippen LogP contribution < -0.4 is 10.2 Å². The van der Waals surface area contributed by atoms with Crippen LogP contribution in [0.1, 0.15) is 25.0 Å². The third-order valence-corrected chi connectivity index (χ3v) is 4.26. The molecule has 3 heterocycles. The minimum atomic E-state index is 0.531. The van der Waals surface area contributed by atoms with Gasteiger partial charge in [-0.25, -0.2) is 0 Å². The third-order valence-electron chi connectivity index (χ3n) is 4.26. The number of aromatic nitrogens is 1. The zero-order chi connectivity index (χ0) is 11.7. The van der Waals surface area contributed by atoms with Gasteiger partial charge in [-0.2, -0.15) is 0 Å². The smallest absolute Gasteiger partial charge is 0.0553 e. The second kappa shape index (κ2) is 4.30. The van der Waals surface area contributed by atoms with Crippen molar-refractivity contribution < 1.29 is 0 Å². The molecule has 1 unspecified atom stereocenters. The highest BCUT2D eigenvalue weighted by Gasteiger charge is 2.38. The fraction of sp³-hybridized carbons (Fsp3) is 0.643. The molecule has 2 aliphatic rings. The number of nitrogens with one attached hydrogen (secondary N) is 1. The van der Waals surface area contributed by atoms with Crippen LogP contribution >= 0.6 is 0 Å². The van der Waals surface area contributed by atoms with Crippen LogP contribution in [0, 0.1) is 12.3 Å². The Kier molecular flexibility index (Phi) is 2.79. The minimum absolute atomic E-state index is 0.531. The summed E-state index contributed by atoms with van der Waals surface area (Å²) in [6, 6.07) is 4.32. The van der Waals surface area contributed by atoms with E-state index in [9.17, 15) is 0 Å². The number of pyridine rings is 1. The Morgan fingerprint density at radius 2 is 2.29 bits per heavy atom. The van der Waals surface area contributed by atoms with Crippen molar-refractivity contribution >= 4 is 5.69 Å². The van der Waals surface area contributed by atoms with Crippen molar-refractivity contribution in [2.24, 2.45) is 5.41 Å². The Morgan fingerprint density at radius 1 is 1.35 bits per heavy atom. The fourth-order valence-electron chi connectivity index (χ4n) is 3.18. The Labute approximate surface area is 103 Å².